The van der Waals surface area contributed by atoms with Crippen LogP contribution >= 0.6 is 11.8 Å². The molecule has 0 amide bonds. The Balaban J connectivity index is 1.59. The van der Waals surface area contributed by atoms with E-state index in [0.29, 0.717) is 0 Å². The Morgan fingerprint density at radius 3 is 2.82 bits per heavy atom. The van der Waals surface area contributed by atoms with Crippen molar-refractivity contribution in [3.63, 3.8) is 0 Å². The maximum absolute atomic E-state index is 4.92. The van der Waals surface area contributed by atoms with E-state index in [2.05, 4.69) is 69.7 Å². The van der Waals surface area contributed by atoms with Crippen molar-refractivity contribution in [3.05, 3.63) is 60.2 Å². The minimum Gasteiger partial charge on any atom is -0.359 e. The number of thioether (sulfide) groups is 1. The quantitative estimate of drug-likeness (QED) is 0.519. The molecule has 142 valence electrons. The molecule has 2 aromatic carbocycles. The molecule has 2 aromatic heterocycles. The molecule has 0 saturated carbocycles. The van der Waals surface area contributed by atoms with Gasteiger partial charge in [0.15, 0.2) is 0 Å². The molecular weight excluding hydrogens is 368 g/mol. The summed E-state index contributed by atoms with van der Waals surface area (Å²) in [7, 11) is 0. The number of benzene rings is 2. The molecule has 7 heteroatoms. The molecule has 4 aromatic rings. The molecular formula is C21H22N6S. The number of hydrogen-bond donors (Lipinski definition) is 1. The second kappa shape index (κ2) is 6.98. The van der Waals surface area contributed by atoms with Crippen LogP contribution in [0.15, 0.2) is 53.7 Å². The zero-order chi connectivity index (χ0) is 19.1. The number of aromatic amines is 1. The molecule has 0 aliphatic carbocycles. The van der Waals surface area contributed by atoms with E-state index < -0.39 is 0 Å². The van der Waals surface area contributed by atoms with E-state index in [-0.39, 0.29) is 6.04 Å². The molecule has 0 spiro atoms. The smallest absolute Gasteiger partial charge is 0.130 e. The van der Waals surface area contributed by atoms with Gasteiger partial charge in [-0.2, -0.15) is 10.2 Å². The van der Waals surface area contributed by atoms with E-state index in [1.54, 1.807) is 29.0 Å². The summed E-state index contributed by atoms with van der Waals surface area (Å²) in [6.45, 7) is 3.15. The van der Waals surface area contributed by atoms with Crippen LogP contribution in [0.25, 0.3) is 16.7 Å². The number of rotatable bonds is 4. The second-order valence-corrected chi connectivity index (χ2v) is 8.00. The Morgan fingerprint density at radius 2 is 2.00 bits per heavy atom. The fourth-order valence-electron chi connectivity index (χ4n) is 4.13. The van der Waals surface area contributed by atoms with Crippen molar-refractivity contribution in [2.45, 2.75) is 30.7 Å². The Labute approximate surface area is 168 Å². The van der Waals surface area contributed by atoms with Gasteiger partial charge in [-0.15, -0.1) is 16.6 Å². The number of imidazole rings is 1. The fraction of sp³-hybridized carbons (Fsp3) is 0.286. The van der Waals surface area contributed by atoms with Crippen LogP contribution in [0.4, 0.5) is 5.69 Å². The monoisotopic (exact) mass is 390 g/mol. The topological polar surface area (TPSA) is 62.6 Å². The highest BCUT2D eigenvalue weighted by atomic mass is 32.2. The first kappa shape index (κ1) is 17.3. The van der Waals surface area contributed by atoms with Crippen LogP contribution in [0.5, 0.6) is 0 Å². The lowest BCUT2D eigenvalue weighted by atomic mass is 10.1. The van der Waals surface area contributed by atoms with E-state index in [1.165, 1.54) is 16.1 Å². The number of hydrogen-bond acceptors (Lipinski definition) is 5. The molecule has 1 aliphatic rings. The van der Waals surface area contributed by atoms with Gasteiger partial charge in [0.25, 0.3) is 0 Å². The van der Waals surface area contributed by atoms with Gasteiger partial charge in [0.1, 0.15) is 11.5 Å². The zero-order valence-corrected chi connectivity index (χ0v) is 16.8. The molecule has 1 aliphatic heterocycles. The number of nitrogens with zero attached hydrogens (tertiary/aromatic N) is 5. The minimum absolute atomic E-state index is 0.223. The largest absolute Gasteiger partial charge is 0.359 e. The van der Waals surface area contributed by atoms with Crippen molar-refractivity contribution >= 4 is 28.5 Å². The number of fused-ring (bicyclic) bond motifs is 1. The van der Waals surface area contributed by atoms with Crippen molar-refractivity contribution in [3.8, 4) is 5.69 Å². The summed E-state index contributed by atoms with van der Waals surface area (Å²) in [6.07, 6.45) is 7.75. The molecule has 0 bridgehead atoms. The standard InChI is InChI=1S/C21H22N6S/c1-14-5-3-6-18(27-22-10-11-23-27)20(14)26-12-4-7-19(26)21-24-16-9-8-15(28-2)13-17(16)25-21/h3,5-6,8-11,13,19H,4,7,12H2,1-2H3,(H,24,25)/t19-/m0/s1. The highest BCUT2D eigenvalue weighted by Crippen LogP contribution is 2.40. The molecule has 6 nitrogen and oxygen atoms in total. The van der Waals surface area contributed by atoms with Gasteiger partial charge in [0.2, 0.25) is 0 Å². The number of nitrogens with one attached hydrogen (secondary N) is 1. The van der Waals surface area contributed by atoms with Crippen LogP contribution < -0.4 is 4.90 Å². The minimum atomic E-state index is 0.223. The highest BCUT2D eigenvalue weighted by Gasteiger charge is 2.31. The average Bonchev–Trinajstić information content (AvgIpc) is 3.46. The first-order valence-corrected chi connectivity index (χ1v) is 10.7. The van der Waals surface area contributed by atoms with Crippen molar-refractivity contribution in [2.75, 3.05) is 17.7 Å². The maximum atomic E-state index is 4.92. The van der Waals surface area contributed by atoms with Crippen LogP contribution in [0.3, 0.4) is 0 Å². The van der Waals surface area contributed by atoms with Gasteiger partial charge in [0, 0.05) is 11.4 Å². The first-order chi connectivity index (χ1) is 13.7. The van der Waals surface area contributed by atoms with Crippen LogP contribution in [0, 0.1) is 6.92 Å². The predicted octanol–water partition coefficient (Wildman–Crippen LogP) is 4.52. The summed E-state index contributed by atoms with van der Waals surface area (Å²) < 4.78 is 0. The molecule has 1 atom stereocenters. The third-order valence-corrected chi connectivity index (χ3v) is 6.14. The van der Waals surface area contributed by atoms with Gasteiger partial charge in [-0.05, 0) is 55.9 Å². The highest BCUT2D eigenvalue weighted by molar-refractivity contribution is 7.98. The number of anilines is 1. The summed E-state index contributed by atoms with van der Waals surface area (Å²) in [5.41, 5.74) is 5.55. The van der Waals surface area contributed by atoms with Gasteiger partial charge < -0.3 is 9.88 Å². The van der Waals surface area contributed by atoms with E-state index in [9.17, 15) is 0 Å². The van der Waals surface area contributed by atoms with Gasteiger partial charge in [0.05, 0.1) is 35.2 Å². The number of H-pyrrole nitrogens is 1. The Morgan fingerprint density at radius 1 is 1.14 bits per heavy atom. The summed E-state index contributed by atoms with van der Waals surface area (Å²) in [5.74, 6) is 1.04. The molecule has 3 heterocycles. The third kappa shape index (κ3) is 2.86. The van der Waals surface area contributed by atoms with Gasteiger partial charge in [-0.3, -0.25) is 0 Å². The van der Waals surface area contributed by atoms with Gasteiger partial charge in [-0.1, -0.05) is 12.1 Å². The van der Waals surface area contributed by atoms with E-state index in [1.807, 2.05) is 0 Å². The molecule has 5 rings (SSSR count). The molecule has 1 saturated heterocycles. The van der Waals surface area contributed by atoms with E-state index in [4.69, 9.17) is 4.98 Å². The summed E-state index contributed by atoms with van der Waals surface area (Å²) in [6, 6.07) is 12.9. The van der Waals surface area contributed by atoms with Gasteiger partial charge in [-0.25, -0.2) is 4.98 Å². The molecule has 1 N–H and O–H groups in total. The molecule has 0 unspecified atom stereocenters. The van der Waals surface area contributed by atoms with Crippen molar-refractivity contribution in [2.24, 2.45) is 0 Å². The average molecular weight is 391 g/mol. The lowest BCUT2D eigenvalue weighted by Crippen LogP contribution is -2.26. The SMILES string of the molecule is CSc1ccc2nc([C@@H]3CCCN3c3c(C)cccc3-n3nccn3)[nH]c2c1. The number of aryl methyl sites for hydroxylation is 1. The normalized spacial score (nSPS) is 16.9. The zero-order valence-electron chi connectivity index (χ0n) is 16.0. The van der Waals surface area contributed by atoms with Crippen molar-refractivity contribution in [1.29, 1.82) is 0 Å². The van der Waals surface area contributed by atoms with Crippen molar-refractivity contribution < 1.29 is 0 Å². The predicted molar refractivity (Wildman–Crippen MR) is 113 cm³/mol. The van der Waals surface area contributed by atoms with E-state index in [0.717, 1.165) is 41.9 Å². The van der Waals surface area contributed by atoms with Crippen LogP contribution in [-0.4, -0.2) is 37.8 Å². The van der Waals surface area contributed by atoms with Crippen LogP contribution in [0.1, 0.15) is 30.3 Å². The number of para-hydroxylation sites is 1. The molecule has 0 radical (unpaired) electrons. The Bertz CT molecular complexity index is 1120. The summed E-state index contributed by atoms with van der Waals surface area (Å²) in [5, 5.41) is 8.73. The van der Waals surface area contributed by atoms with Gasteiger partial charge >= 0.3 is 0 Å². The maximum Gasteiger partial charge on any atom is 0.130 e. The molecule has 28 heavy (non-hydrogen) atoms. The second-order valence-electron chi connectivity index (χ2n) is 7.12. The lowest BCUT2D eigenvalue weighted by molar-refractivity contribution is 0.669. The first-order valence-electron chi connectivity index (χ1n) is 9.51. The molecule has 1 fully saturated rings. The Kier molecular flexibility index (Phi) is 4.31. The Hall–Kier alpha value is -2.80. The number of aromatic nitrogens is 5. The fourth-order valence-corrected chi connectivity index (χ4v) is 4.57. The summed E-state index contributed by atoms with van der Waals surface area (Å²) >= 11 is 1.75. The van der Waals surface area contributed by atoms with Crippen LogP contribution in [0.2, 0.25) is 0 Å². The third-order valence-electron chi connectivity index (χ3n) is 5.41. The van der Waals surface area contributed by atoms with Crippen molar-refractivity contribution in [1.82, 2.24) is 25.0 Å². The van der Waals surface area contributed by atoms with Crippen LogP contribution in [-0.2, 0) is 0 Å². The lowest BCUT2D eigenvalue weighted by Gasteiger charge is -2.28. The summed E-state index contributed by atoms with van der Waals surface area (Å²) in [4.78, 5) is 13.9. The van der Waals surface area contributed by atoms with E-state index >= 15 is 0 Å².